The molecular weight excluding hydrogens is 384 g/mol. The van der Waals surface area contributed by atoms with E-state index in [1.54, 1.807) is 0 Å². The predicted molar refractivity (Wildman–Crippen MR) is 122 cm³/mol. The molecular formula is C24H38O4S. The van der Waals surface area contributed by atoms with Gasteiger partial charge in [0.05, 0.1) is 6.42 Å². The van der Waals surface area contributed by atoms with Crippen LogP contribution >= 0.6 is 11.8 Å². The molecule has 4 nitrogen and oxygen atoms in total. The van der Waals surface area contributed by atoms with E-state index in [1.165, 1.54) is 75.1 Å². The fourth-order valence-electron chi connectivity index (χ4n) is 3.51. The predicted octanol–water partition coefficient (Wildman–Crippen LogP) is 6.35. The first-order valence-electron chi connectivity index (χ1n) is 11.2. The van der Waals surface area contributed by atoms with E-state index in [9.17, 15) is 14.7 Å². The van der Waals surface area contributed by atoms with Gasteiger partial charge in [-0.25, -0.2) is 0 Å². The lowest BCUT2D eigenvalue weighted by Crippen LogP contribution is -2.21. The van der Waals surface area contributed by atoms with Gasteiger partial charge >= 0.3 is 11.9 Å². The van der Waals surface area contributed by atoms with Crippen molar-refractivity contribution in [3.8, 4) is 0 Å². The Bertz CT molecular complexity index is 588. The summed E-state index contributed by atoms with van der Waals surface area (Å²) >= 11 is 1.23. The molecule has 5 heteroatoms. The third kappa shape index (κ3) is 12.6. The van der Waals surface area contributed by atoms with Gasteiger partial charge in [0, 0.05) is 5.75 Å². The Labute approximate surface area is 180 Å². The number of benzene rings is 1. The second kappa shape index (κ2) is 16.3. The number of thioether (sulfide) groups is 1. The largest absolute Gasteiger partial charge is 0.481 e. The smallest absolute Gasteiger partial charge is 0.316 e. The summed E-state index contributed by atoms with van der Waals surface area (Å²) in [6, 6.07) is 8.09. The van der Waals surface area contributed by atoms with E-state index < -0.39 is 17.2 Å². The number of unbranched alkanes of at least 4 members (excludes halogenated alkanes) is 9. The molecule has 0 aliphatic carbocycles. The highest BCUT2D eigenvalue weighted by Crippen LogP contribution is 2.22. The maximum atomic E-state index is 11.6. The molecule has 0 spiro atoms. The van der Waals surface area contributed by atoms with Crippen LogP contribution in [0.5, 0.6) is 0 Å². The quantitative estimate of drug-likeness (QED) is 0.269. The highest BCUT2D eigenvalue weighted by Gasteiger charge is 2.20. The van der Waals surface area contributed by atoms with Crippen LogP contribution in [0.2, 0.25) is 0 Å². The minimum atomic E-state index is -0.886. The van der Waals surface area contributed by atoms with E-state index in [2.05, 4.69) is 13.0 Å². The van der Waals surface area contributed by atoms with Gasteiger partial charge < -0.3 is 10.2 Å². The fourth-order valence-corrected chi connectivity index (χ4v) is 4.53. The molecule has 2 N–H and O–H groups in total. The summed E-state index contributed by atoms with van der Waals surface area (Å²) in [6.07, 6.45) is 14.5. The van der Waals surface area contributed by atoms with Gasteiger partial charge in [-0.1, -0.05) is 89.0 Å². The zero-order valence-corrected chi connectivity index (χ0v) is 18.7. The van der Waals surface area contributed by atoms with Gasteiger partial charge in [0.15, 0.2) is 0 Å². The standard InChI is InChI=1S/C24H38O4S/c1-2-3-4-5-6-7-8-9-10-11-14-20-15-12-13-16-21(20)19-22(24(27)28)29-18-17-23(25)26/h12-13,15-16,22H,2-11,14,17-19H2,1H3,(H,25,26)(H,27,28). The van der Waals surface area contributed by atoms with Gasteiger partial charge in [-0.15, -0.1) is 11.8 Å². The number of aliphatic carboxylic acids is 2. The van der Waals surface area contributed by atoms with Crippen molar-refractivity contribution in [3.05, 3.63) is 35.4 Å². The van der Waals surface area contributed by atoms with Crippen LogP contribution in [0.3, 0.4) is 0 Å². The SMILES string of the molecule is CCCCCCCCCCCCc1ccccc1CC(SCCC(=O)O)C(=O)O. The van der Waals surface area contributed by atoms with Crippen molar-refractivity contribution in [2.75, 3.05) is 5.75 Å². The van der Waals surface area contributed by atoms with Crippen molar-refractivity contribution < 1.29 is 19.8 Å². The number of carboxylic acids is 2. The minimum Gasteiger partial charge on any atom is -0.481 e. The molecule has 1 aromatic carbocycles. The summed E-state index contributed by atoms with van der Waals surface area (Å²) in [5.74, 6) is -1.43. The number of hydrogen-bond acceptors (Lipinski definition) is 3. The molecule has 0 heterocycles. The van der Waals surface area contributed by atoms with Crippen LogP contribution < -0.4 is 0 Å². The van der Waals surface area contributed by atoms with Crippen LogP contribution in [0.15, 0.2) is 24.3 Å². The van der Waals surface area contributed by atoms with Gasteiger partial charge in [-0.05, 0) is 30.4 Å². The number of carbonyl (C=O) groups is 2. The number of rotatable bonds is 18. The summed E-state index contributed by atoms with van der Waals surface area (Å²) in [5.41, 5.74) is 2.32. The lowest BCUT2D eigenvalue weighted by Gasteiger charge is -2.15. The first-order chi connectivity index (χ1) is 14.0. The van der Waals surface area contributed by atoms with Gasteiger partial charge in [0.1, 0.15) is 5.25 Å². The molecule has 0 radical (unpaired) electrons. The molecule has 0 aliphatic rings. The average Bonchev–Trinajstić information content (AvgIpc) is 2.69. The molecule has 1 aromatic rings. The highest BCUT2D eigenvalue weighted by molar-refractivity contribution is 8.00. The molecule has 0 aromatic heterocycles. The lowest BCUT2D eigenvalue weighted by molar-refractivity contribution is -0.137. The van der Waals surface area contributed by atoms with Crippen LogP contribution in [-0.4, -0.2) is 33.2 Å². The summed E-state index contributed by atoms with van der Waals surface area (Å²) in [6.45, 7) is 2.25. The van der Waals surface area contributed by atoms with Crippen LogP contribution in [-0.2, 0) is 22.4 Å². The minimum absolute atomic E-state index is 0.00526. The Morgan fingerprint density at radius 1 is 0.862 bits per heavy atom. The normalized spacial score (nSPS) is 12.0. The first-order valence-corrected chi connectivity index (χ1v) is 12.2. The van der Waals surface area contributed by atoms with Gasteiger partial charge in [-0.3, -0.25) is 9.59 Å². The number of carboxylic acid groups (broad SMARTS) is 2. The van der Waals surface area contributed by atoms with E-state index in [0.29, 0.717) is 12.2 Å². The van der Waals surface area contributed by atoms with Crippen LogP contribution in [0, 0.1) is 0 Å². The summed E-state index contributed by atoms with van der Waals surface area (Å²) in [7, 11) is 0. The Balaban J connectivity index is 2.35. The van der Waals surface area contributed by atoms with E-state index in [4.69, 9.17) is 5.11 Å². The third-order valence-electron chi connectivity index (χ3n) is 5.23. The summed E-state index contributed by atoms with van der Waals surface area (Å²) < 4.78 is 0. The molecule has 0 bridgehead atoms. The first kappa shape index (κ1) is 25.5. The topological polar surface area (TPSA) is 74.6 Å². The van der Waals surface area contributed by atoms with Crippen LogP contribution in [0.1, 0.15) is 88.7 Å². The van der Waals surface area contributed by atoms with Crippen molar-refractivity contribution >= 4 is 23.7 Å². The molecule has 0 amide bonds. The molecule has 0 fully saturated rings. The van der Waals surface area contributed by atoms with Crippen molar-refractivity contribution in [3.63, 3.8) is 0 Å². The Morgan fingerprint density at radius 2 is 1.41 bits per heavy atom. The molecule has 1 atom stereocenters. The van der Waals surface area contributed by atoms with Crippen molar-refractivity contribution in [2.24, 2.45) is 0 Å². The zero-order chi connectivity index (χ0) is 21.3. The number of aryl methyl sites for hydroxylation is 1. The monoisotopic (exact) mass is 422 g/mol. The van der Waals surface area contributed by atoms with Crippen LogP contribution in [0.25, 0.3) is 0 Å². The Hall–Kier alpha value is -1.49. The van der Waals surface area contributed by atoms with Gasteiger partial charge in [0.2, 0.25) is 0 Å². The summed E-state index contributed by atoms with van der Waals surface area (Å²) in [4.78, 5) is 22.2. The van der Waals surface area contributed by atoms with E-state index in [0.717, 1.165) is 18.4 Å². The van der Waals surface area contributed by atoms with Crippen LogP contribution in [0.4, 0.5) is 0 Å². The molecule has 1 unspecified atom stereocenters. The second-order valence-electron chi connectivity index (χ2n) is 7.75. The molecule has 1 rings (SSSR count). The van der Waals surface area contributed by atoms with Gasteiger partial charge in [0.25, 0.3) is 0 Å². The Kier molecular flexibility index (Phi) is 14.4. The summed E-state index contributed by atoms with van der Waals surface area (Å²) in [5, 5.41) is 17.7. The molecule has 164 valence electrons. The fraction of sp³-hybridized carbons (Fsp3) is 0.667. The highest BCUT2D eigenvalue weighted by atomic mass is 32.2. The molecule has 29 heavy (non-hydrogen) atoms. The van der Waals surface area contributed by atoms with E-state index in [1.807, 2.05) is 18.2 Å². The van der Waals surface area contributed by atoms with Gasteiger partial charge in [-0.2, -0.15) is 0 Å². The molecule has 0 aliphatic heterocycles. The zero-order valence-electron chi connectivity index (χ0n) is 17.9. The maximum Gasteiger partial charge on any atom is 0.316 e. The second-order valence-corrected chi connectivity index (χ2v) is 9.06. The van der Waals surface area contributed by atoms with Crippen molar-refractivity contribution in [1.82, 2.24) is 0 Å². The molecule has 0 saturated carbocycles. The average molecular weight is 423 g/mol. The van der Waals surface area contributed by atoms with Crippen molar-refractivity contribution in [1.29, 1.82) is 0 Å². The Morgan fingerprint density at radius 3 is 1.97 bits per heavy atom. The number of hydrogen-bond donors (Lipinski definition) is 2. The lowest BCUT2D eigenvalue weighted by atomic mass is 9.97. The van der Waals surface area contributed by atoms with Crippen molar-refractivity contribution in [2.45, 2.75) is 95.6 Å². The molecule has 0 saturated heterocycles. The van der Waals surface area contributed by atoms with E-state index >= 15 is 0 Å². The van der Waals surface area contributed by atoms with E-state index in [-0.39, 0.29) is 6.42 Å². The third-order valence-corrected chi connectivity index (χ3v) is 6.44. The maximum absolute atomic E-state index is 11.6.